The Morgan fingerprint density at radius 3 is 2.90 bits per heavy atom. The van der Waals surface area contributed by atoms with Gasteiger partial charge in [0.2, 0.25) is 0 Å². The molecule has 60 valence electrons. The van der Waals surface area contributed by atoms with Crippen molar-refractivity contribution in [1.82, 2.24) is 4.31 Å². The monoisotopic (exact) mass is 161 g/mol. The molecule has 0 aromatic carbocycles. The Labute approximate surface area is 65.9 Å². The maximum absolute atomic E-state index is 11.2. The van der Waals surface area contributed by atoms with Crippen LogP contribution >= 0.6 is 0 Å². The molecule has 1 fully saturated rings. The quantitative estimate of drug-likeness (QED) is 0.537. The Hall–Kier alpha value is 0.270. The third-order valence-electron chi connectivity index (χ3n) is 2.16. The predicted octanol–water partition coefficient (Wildman–Crippen LogP) is 1.01. The van der Waals surface area contributed by atoms with E-state index in [1.54, 1.807) is 0 Å². The molecule has 1 aliphatic heterocycles. The maximum atomic E-state index is 11.2. The summed E-state index contributed by atoms with van der Waals surface area (Å²) >= 11 is -0.682. The summed E-state index contributed by atoms with van der Waals surface area (Å²) in [5.74, 6) is 1.59. The van der Waals surface area contributed by atoms with Crippen LogP contribution in [0, 0.1) is 5.92 Å². The van der Waals surface area contributed by atoms with E-state index >= 15 is 0 Å². The van der Waals surface area contributed by atoms with Crippen LogP contribution in [0.2, 0.25) is 0 Å². The van der Waals surface area contributed by atoms with E-state index in [4.69, 9.17) is 0 Å². The molecule has 0 saturated carbocycles. The number of nitrogens with zero attached hydrogens (tertiary/aromatic N) is 1. The highest BCUT2D eigenvalue weighted by atomic mass is 32.2. The summed E-state index contributed by atoms with van der Waals surface area (Å²) in [4.78, 5) is 0. The first-order valence-electron chi connectivity index (χ1n) is 3.83. The van der Waals surface area contributed by atoms with Crippen LogP contribution in [0.5, 0.6) is 0 Å². The van der Waals surface area contributed by atoms with Crippen LogP contribution in [-0.4, -0.2) is 28.2 Å². The van der Waals surface area contributed by atoms with Crippen molar-refractivity contribution in [3.8, 4) is 0 Å². The Bertz CT molecular complexity index is 110. The summed E-state index contributed by atoms with van der Waals surface area (Å²) in [6, 6.07) is 0. The second kappa shape index (κ2) is 3.60. The largest absolute Gasteiger partial charge is 0.598 e. The third-order valence-corrected chi connectivity index (χ3v) is 3.79. The lowest BCUT2D eigenvalue weighted by atomic mass is 10.1. The summed E-state index contributed by atoms with van der Waals surface area (Å²) in [7, 11) is 1.93. The minimum absolute atomic E-state index is 0.682. The Morgan fingerprint density at radius 1 is 1.70 bits per heavy atom. The summed E-state index contributed by atoms with van der Waals surface area (Å²) < 4.78 is 13.1. The van der Waals surface area contributed by atoms with Crippen molar-refractivity contribution >= 4 is 11.4 Å². The van der Waals surface area contributed by atoms with Gasteiger partial charge in [-0.1, -0.05) is 6.92 Å². The molecule has 0 aliphatic carbocycles. The van der Waals surface area contributed by atoms with Gasteiger partial charge < -0.3 is 4.55 Å². The van der Waals surface area contributed by atoms with Crippen LogP contribution in [-0.2, 0) is 11.4 Å². The van der Waals surface area contributed by atoms with Crippen molar-refractivity contribution in [1.29, 1.82) is 0 Å². The zero-order chi connectivity index (χ0) is 7.56. The van der Waals surface area contributed by atoms with Crippen molar-refractivity contribution < 1.29 is 4.55 Å². The second-order valence-corrected chi connectivity index (χ2v) is 4.50. The molecule has 0 bridgehead atoms. The van der Waals surface area contributed by atoms with Crippen LogP contribution in [0.15, 0.2) is 0 Å². The van der Waals surface area contributed by atoms with Crippen molar-refractivity contribution in [2.24, 2.45) is 5.92 Å². The highest BCUT2D eigenvalue weighted by Gasteiger charge is 2.26. The fourth-order valence-corrected chi connectivity index (χ4v) is 2.57. The molecule has 1 heterocycles. The van der Waals surface area contributed by atoms with Crippen LogP contribution in [0.3, 0.4) is 0 Å². The minimum Gasteiger partial charge on any atom is -0.598 e. The molecule has 3 heteroatoms. The predicted molar refractivity (Wildman–Crippen MR) is 44.0 cm³/mol. The fraction of sp³-hybridized carbons (Fsp3) is 1.00. The molecule has 2 nitrogen and oxygen atoms in total. The van der Waals surface area contributed by atoms with Crippen LogP contribution in [0.4, 0.5) is 0 Å². The summed E-state index contributed by atoms with van der Waals surface area (Å²) in [6.07, 6.45) is 2.40. The average molecular weight is 161 g/mol. The van der Waals surface area contributed by atoms with Gasteiger partial charge in [-0.25, -0.2) is 0 Å². The van der Waals surface area contributed by atoms with Gasteiger partial charge in [-0.05, 0) is 12.8 Å². The van der Waals surface area contributed by atoms with Gasteiger partial charge in [-0.2, -0.15) is 0 Å². The molecular weight excluding hydrogens is 146 g/mol. The summed E-state index contributed by atoms with van der Waals surface area (Å²) in [6.45, 7) is 3.18. The van der Waals surface area contributed by atoms with Crippen molar-refractivity contribution in [3.05, 3.63) is 0 Å². The highest BCUT2D eigenvalue weighted by molar-refractivity contribution is 7.89. The van der Waals surface area contributed by atoms with E-state index in [1.807, 2.05) is 11.4 Å². The zero-order valence-corrected chi connectivity index (χ0v) is 7.49. The van der Waals surface area contributed by atoms with Crippen molar-refractivity contribution in [2.75, 3.05) is 19.3 Å². The summed E-state index contributed by atoms with van der Waals surface area (Å²) in [5, 5.41) is 0. The Morgan fingerprint density at radius 2 is 2.40 bits per heavy atom. The normalized spacial score (nSPS) is 36.3. The van der Waals surface area contributed by atoms with Crippen molar-refractivity contribution in [2.45, 2.75) is 19.8 Å². The standard InChI is InChI=1S/C7H15NOS/c1-3-7-4-5-8(2)10(9)6-7/h7H,3-6H2,1-2H3. The van der Waals surface area contributed by atoms with Crippen LogP contribution in [0.1, 0.15) is 19.8 Å². The first-order chi connectivity index (χ1) is 4.74. The SMILES string of the molecule is CCC1CCN(C)[S+]([O-])C1. The first-order valence-corrected chi connectivity index (χ1v) is 5.11. The number of hydrogen-bond acceptors (Lipinski definition) is 2. The zero-order valence-electron chi connectivity index (χ0n) is 6.67. The average Bonchev–Trinajstić information content (AvgIpc) is 1.95. The maximum Gasteiger partial charge on any atom is 0.128 e. The minimum atomic E-state index is -0.682. The first kappa shape index (κ1) is 8.37. The van der Waals surface area contributed by atoms with E-state index in [9.17, 15) is 4.55 Å². The molecule has 10 heavy (non-hydrogen) atoms. The molecule has 0 aromatic heterocycles. The molecule has 0 aromatic rings. The highest BCUT2D eigenvalue weighted by Crippen LogP contribution is 2.19. The van der Waals surface area contributed by atoms with Gasteiger partial charge in [0.25, 0.3) is 0 Å². The van der Waals surface area contributed by atoms with Crippen molar-refractivity contribution in [3.63, 3.8) is 0 Å². The lowest BCUT2D eigenvalue weighted by molar-refractivity contribution is 0.370. The molecular formula is C7H15NOS. The molecule has 0 N–H and O–H groups in total. The van der Waals surface area contributed by atoms with E-state index in [2.05, 4.69) is 6.92 Å². The number of hydrogen-bond donors (Lipinski definition) is 0. The molecule has 1 rings (SSSR count). The van der Waals surface area contributed by atoms with E-state index in [0.29, 0.717) is 5.92 Å². The smallest absolute Gasteiger partial charge is 0.128 e. The lowest BCUT2D eigenvalue weighted by Gasteiger charge is -2.29. The Kier molecular flexibility index (Phi) is 3.01. The van der Waals surface area contributed by atoms with Crippen LogP contribution < -0.4 is 0 Å². The van der Waals surface area contributed by atoms with Gasteiger partial charge in [0.05, 0.1) is 0 Å². The van der Waals surface area contributed by atoms with E-state index in [0.717, 1.165) is 12.3 Å². The molecule has 2 unspecified atom stereocenters. The number of rotatable bonds is 1. The lowest BCUT2D eigenvalue weighted by Crippen LogP contribution is -2.38. The molecule has 0 spiro atoms. The molecule has 0 amide bonds. The van der Waals surface area contributed by atoms with Gasteiger partial charge in [0.1, 0.15) is 5.75 Å². The molecule has 0 radical (unpaired) electrons. The van der Waals surface area contributed by atoms with Gasteiger partial charge in [-0.3, -0.25) is 0 Å². The van der Waals surface area contributed by atoms with Gasteiger partial charge >= 0.3 is 0 Å². The topological polar surface area (TPSA) is 26.3 Å². The van der Waals surface area contributed by atoms with E-state index in [1.165, 1.54) is 12.8 Å². The third kappa shape index (κ3) is 1.87. The van der Waals surface area contributed by atoms with Gasteiger partial charge in [0.15, 0.2) is 0 Å². The second-order valence-electron chi connectivity index (χ2n) is 2.90. The molecule has 2 atom stereocenters. The Balaban J connectivity index is 2.33. The van der Waals surface area contributed by atoms with E-state index < -0.39 is 11.4 Å². The van der Waals surface area contributed by atoms with Gasteiger partial charge in [-0.15, -0.1) is 4.31 Å². The van der Waals surface area contributed by atoms with Gasteiger partial charge in [0, 0.05) is 30.9 Å². The molecule has 1 aliphatic rings. The van der Waals surface area contributed by atoms with E-state index in [-0.39, 0.29) is 0 Å². The van der Waals surface area contributed by atoms with Crippen LogP contribution in [0.25, 0.3) is 0 Å². The summed E-state index contributed by atoms with van der Waals surface area (Å²) in [5.41, 5.74) is 0. The molecule has 1 saturated heterocycles. The fourth-order valence-electron chi connectivity index (χ4n) is 1.20.